The van der Waals surface area contributed by atoms with Crippen LogP contribution in [0, 0.1) is 17.8 Å². The second kappa shape index (κ2) is 9.72. The fourth-order valence-electron chi connectivity index (χ4n) is 6.92. The van der Waals surface area contributed by atoms with Crippen LogP contribution in [0.2, 0.25) is 0 Å². The number of esters is 1. The molecule has 8 heteroatoms. The summed E-state index contributed by atoms with van der Waals surface area (Å²) < 4.78 is 12.1. The number of hydrogen-bond acceptors (Lipinski definition) is 6. The second-order valence-electron chi connectivity index (χ2n) is 10.8. The molecule has 2 amide bonds. The highest BCUT2D eigenvalue weighted by Gasteiger charge is 2.80. The van der Waals surface area contributed by atoms with Crippen LogP contribution in [-0.2, 0) is 23.9 Å². The van der Waals surface area contributed by atoms with Gasteiger partial charge in [-0.05, 0) is 68.4 Å². The van der Waals surface area contributed by atoms with Crippen LogP contribution >= 0.6 is 0 Å². The average Bonchev–Trinajstić information content (AvgIpc) is 3.38. The van der Waals surface area contributed by atoms with Gasteiger partial charge in [0.2, 0.25) is 11.8 Å². The van der Waals surface area contributed by atoms with Crippen molar-refractivity contribution in [2.24, 2.45) is 17.8 Å². The van der Waals surface area contributed by atoms with Gasteiger partial charge in [0.1, 0.15) is 17.6 Å². The van der Waals surface area contributed by atoms with Gasteiger partial charge >= 0.3 is 5.97 Å². The molecule has 0 aromatic heterocycles. The number of nitrogens with zero attached hydrogens (tertiary/aromatic N) is 1. The molecular formula is C29H36N2O6. The zero-order chi connectivity index (χ0) is 26.4. The van der Waals surface area contributed by atoms with Gasteiger partial charge in [0.15, 0.2) is 0 Å². The molecule has 8 nitrogen and oxygen atoms in total. The Labute approximate surface area is 217 Å². The number of hydrogen-bond donors (Lipinski definition) is 2. The minimum absolute atomic E-state index is 0.0312. The van der Waals surface area contributed by atoms with Gasteiger partial charge in [-0.2, -0.15) is 0 Å². The van der Waals surface area contributed by atoms with Gasteiger partial charge in [-0.3, -0.25) is 14.4 Å². The van der Waals surface area contributed by atoms with Crippen LogP contribution in [0.15, 0.2) is 42.5 Å². The van der Waals surface area contributed by atoms with Gasteiger partial charge < -0.3 is 24.8 Å². The highest BCUT2D eigenvalue weighted by Crippen LogP contribution is 2.65. The van der Waals surface area contributed by atoms with E-state index in [2.05, 4.69) is 5.32 Å². The minimum atomic E-state index is -1.10. The van der Waals surface area contributed by atoms with Gasteiger partial charge in [0, 0.05) is 18.8 Å². The van der Waals surface area contributed by atoms with Crippen molar-refractivity contribution < 1.29 is 29.0 Å². The topological polar surface area (TPSA) is 105 Å². The van der Waals surface area contributed by atoms with Crippen LogP contribution in [0.1, 0.15) is 46.5 Å². The van der Waals surface area contributed by atoms with E-state index < -0.39 is 35.0 Å². The first kappa shape index (κ1) is 25.7. The van der Waals surface area contributed by atoms with E-state index in [-0.39, 0.29) is 30.9 Å². The summed E-state index contributed by atoms with van der Waals surface area (Å²) in [5.74, 6) is -2.53. The van der Waals surface area contributed by atoms with E-state index in [0.29, 0.717) is 31.5 Å². The van der Waals surface area contributed by atoms with Crippen LogP contribution in [0.25, 0.3) is 10.8 Å². The lowest BCUT2D eigenvalue weighted by atomic mass is 9.62. The normalized spacial score (nSPS) is 32.1. The Kier molecular flexibility index (Phi) is 6.75. The van der Waals surface area contributed by atoms with Crippen LogP contribution in [-0.4, -0.2) is 64.8 Å². The molecule has 2 aromatic rings. The number of fused-ring (bicyclic) bond motifs is 2. The van der Waals surface area contributed by atoms with Gasteiger partial charge in [-0.1, -0.05) is 37.3 Å². The molecule has 0 saturated carbocycles. The van der Waals surface area contributed by atoms with Crippen molar-refractivity contribution >= 4 is 34.2 Å². The van der Waals surface area contributed by atoms with Crippen LogP contribution in [0.4, 0.5) is 5.69 Å². The Morgan fingerprint density at radius 3 is 2.65 bits per heavy atom. The maximum absolute atomic E-state index is 14.0. The number of aliphatic hydroxyl groups excluding tert-OH is 1. The first-order valence-corrected chi connectivity index (χ1v) is 13.3. The molecule has 0 aliphatic carbocycles. The van der Waals surface area contributed by atoms with E-state index >= 15 is 0 Å². The number of ether oxygens (including phenoxy) is 2. The molecule has 3 aliphatic heterocycles. The molecule has 2 N–H and O–H groups in total. The van der Waals surface area contributed by atoms with Crippen molar-refractivity contribution in [3.05, 3.63) is 42.5 Å². The Hall–Kier alpha value is -2.97. The molecule has 3 fully saturated rings. The minimum Gasteiger partial charge on any atom is -0.466 e. The third-order valence-corrected chi connectivity index (χ3v) is 8.68. The number of anilines is 1. The lowest BCUT2D eigenvalue weighted by molar-refractivity contribution is -0.160. The molecule has 2 bridgehead atoms. The molecule has 6 atom stereocenters. The number of benzene rings is 2. The Balaban J connectivity index is 1.50. The lowest BCUT2D eigenvalue weighted by Gasteiger charge is -2.35. The molecule has 3 aliphatic rings. The van der Waals surface area contributed by atoms with Gasteiger partial charge in [0.05, 0.1) is 18.1 Å². The van der Waals surface area contributed by atoms with E-state index in [9.17, 15) is 19.5 Å². The zero-order valence-corrected chi connectivity index (χ0v) is 21.7. The monoisotopic (exact) mass is 508 g/mol. The summed E-state index contributed by atoms with van der Waals surface area (Å²) >= 11 is 0. The number of nitrogens with one attached hydrogen (secondary N) is 1. The molecule has 3 unspecified atom stereocenters. The summed E-state index contributed by atoms with van der Waals surface area (Å²) in [4.78, 5) is 42.7. The van der Waals surface area contributed by atoms with Crippen LogP contribution < -0.4 is 5.32 Å². The third kappa shape index (κ3) is 4.01. The largest absolute Gasteiger partial charge is 0.466 e. The number of unbranched alkanes of at least 4 members (excludes halogenated alkanes) is 2. The number of carbonyl (C=O) groups is 3. The Morgan fingerprint density at radius 2 is 1.92 bits per heavy atom. The zero-order valence-electron chi connectivity index (χ0n) is 21.7. The quantitative estimate of drug-likeness (QED) is 0.397. The molecule has 1 spiro atoms. The van der Waals surface area contributed by atoms with Crippen molar-refractivity contribution in [2.45, 2.75) is 63.7 Å². The summed E-state index contributed by atoms with van der Waals surface area (Å²) in [7, 11) is 0. The van der Waals surface area contributed by atoms with Gasteiger partial charge in [0.25, 0.3) is 0 Å². The number of aliphatic hydroxyl groups is 1. The highest BCUT2D eigenvalue weighted by molar-refractivity contribution is 6.04. The number of likely N-dealkylation sites (tertiary alicyclic amines) is 1. The second-order valence-corrected chi connectivity index (χ2v) is 10.8. The number of amides is 2. The fraction of sp³-hybridized carbons (Fsp3) is 0.552. The summed E-state index contributed by atoms with van der Waals surface area (Å²) in [6.07, 6.45) is 2.51. The molecule has 3 saturated heterocycles. The Bertz CT molecular complexity index is 1220. The molecule has 3 heterocycles. The summed E-state index contributed by atoms with van der Waals surface area (Å²) in [5.41, 5.74) is -1.33. The van der Waals surface area contributed by atoms with Gasteiger partial charge in [-0.15, -0.1) is 0 Å². The summed E-state index contributed by atoms with van der Waals surface area (Å²) in [5, 5.41) is 14.3. The highest BCUT2D eigenvalue weighted by atomic mass is 16.6. The molecule has 5 rings (SSSR count). The van der Waals surface area contributed by atoms with E-state index in [0.717, 1.165) is 17.2 Å². The maximum Gasteiger partial charge on any atom is 0.312 e. The van der Waals surface area contributed by atoms with Gasteiger partial charge in [-0.25, -0.2) is 0 Å². The molecule has 2 aromatic carbocycles. The van der Waals surface area contributed by atoms with Crippen molar-refractivity contribution in [1.29, 1.82) is 0 Å². The molecule has 0 radical (unpaired) electrons. The molecule has 37 heavy (non-hydrogen) atoms. The first-order chi connectivity index (χ1) is 17.8. The van der Waals surface area contributed by atoms with Crippen LogP contribution in [0.3, 0.4) is 0 Å². The smallest absolute Gasteiger partial charge is 0.312 e. The maximum atomic E-state index is 14.0. The molecular weight excluding hydrogens is 472 g/mol. The van der Waals surface area contributed by atoms with Crippen molar-refractivity contribution in [3.8, 4) is 0 Å². The fourth-order valence-corrected chi connectivity index (χ4v) is 6.92. The predicted octanol–water partition coefficient (Wildman–Crippen LogP) is 3.51. The number of carbonyl (C=O) groups excluding carboxylic acids is 3. The number of rotatable bonds is 9. The molecule has 198 valence electrons. The van der Waals surface area contributed by atoms with Crippen LogP contribution in [0.5, 0.6) is 0 Å². The predicted molar refractivity (Wildman–Crippen MR) is 139 cm³/mol. The lowest BCUT2D eigenvalue weighted by Crippen LogP contribution is -2.54. The van der Waals surface area contributed by atoms with E-state index in [1.165, 1.54) is 0 Å². The van der Waals surface area contributed by atoms with E-state index in [1.807, 2.05) is 56.3 Å². The standard InChI is InChI=1S/C29H36N2O6/c1-4-36-27(35)23-22-26(34)31(14-8-5-9-15-32)24(29(22)17-18(2)28(23,3)37-29)25(33)30-21-13-12-19-10-6-7-11-20(19)16-21/h6-7,10-13,16,18,22-24,32H,4-5,8-9,14-15,17H2,1-3H3,(H,30,33)/t18?,22-,23+,24?,28-,29?/m0/s1. The van der Waals surface area contributed by atoms with Crippen molar-refractivity contribution in [3.63, 3.8) is 0 Å². The average molecular weight is 509 g/mol. The third-order valence-electron chi connectivity index (χ3n) is 8.68. The van der Waals surface area contributed by atoms with Crippen molar-refractivity contribution in [2.75, 3.05) is 25.1 Å². The first-order valence-electron chi connectivity index (χ1n) is 13.3. The Morgan fingerprint density at radius 1 is 1.16 bits per heavy atom. The van der Waals surface area contributed by atoms with E-state index in [4.69, 9.17) is 9.47 Å². The summed E-state index contributed by atoms with van der Waals surface area (Å²) in [6, 6.07) is 12.8. The summed E-state index contributed by atoms with van der Waals surface area (Å²) in [6.45, 7) is 6.29. The van der Waals surface area contributed by atoms with E-state index in [1.54, 1.807) is 11.8 Å². The van der Waals surface area contributed by atoms with Crippen molar-refractivity contribution in [1.82, 2.24) is 4.90 Å². The SMILES string of the molecule is CCOC(=O)[C@H]1[C@H]2C(=O)N(CCCCCO)C(C(=O)Nc3ccc4ccccc4c3)C23CC(C)[C@]1(C)O3.